The number of unbranched alkanes of at least 4 members (excludes halogenated alkanes) is 1. The van der Waals surface area contributed by atoms with Crippen molar-refractivity contribution in [2.24, 2.45) is 5.73 Å². The second-order valence-corrected chi connectivity index (χ2v) is 4.62. The van der Waals surface area contributed by atoms with Crippen LogP contribution in [-0.4, -0.2) is 16.7 Å². The number of aromatic nitrogens is 2. The van der Waals surface area contributed by atoms with Crippen LogP contribution in [0.5, 0.6) is 0 Å². The summed E-state index contributed by atoms with van der Waals surface area (Å²) in [6, 6.07) is 10.8. The smallest absolute Gasteiger partial charge is 0.0923 e. The lowest BCUT2D eigenvalue weighted by atomic mass is 10.0. The van der Waals surface area contributed by atoms with E-state index < -0.39 is 0 Å². The number of H-pyrrole nitrogens is 1. The Balaban J connectivity index is 2.07. The van der Waals surface area contributed by atoms with E-state index in [0.29, 0.717) is 6.54 Å². The molecule has 3 N–H and O–H groups in total. The molecule has 0 saturated heterocycles. The number of rotatable bonds is 6. The maximum absolute atomic E-state index is 5.53. The highest BCUT2D eigenvalue weighted by Gasteiger charge is 2.03. The molecule has 1 heterocycles. The first kappa shape index (κ1) is 12.8. The molecule has 3 nitrogen and oxygen atoms in total. The second-order valence-electron chi connectivity index (χ2n) is 4.62. The average Bonchev–Trinajstić information content (AvgIpc) is 2.86. The lowest BCUT2D eigenvalue weighted by Gasteiger charge is -2.01. The third kappa shape index (κ3) is 3.20. The number of nitrogens with zero attached hydrogens (tertiary/aromatic N) is 1. The molecule has 0 unspecified atom stereocenters. The van der Waals surface area contributed by atoms with Crippen LogP contribution in [0.1, 0.15) is 31.0 Å². The van der Waals surface area contributed by atoms with Crippen molar-refractivity contribution in [1.29, 1.82) is 0 Å². The zero-order valence-corrected chi connectivity index (χ0v) is 10.9. The van der Waals surface area contributed by atoms with Gasteiger partial charge < -0.3 is 5.73 Å². The van der Waals surface area contributed by atoms with Gasteiger partial charge in [0.1, 0.15) is 0 Å². The Bertz CT molecular complexity index is 471. The maximum Gasteiger partial charge on any atom is 0.0923 e. The summed E-state index contributed by atoms with van der Waals surface area (Å²) in [5, 5.41) is 7.34. The second kappa shape index (κ2) is 6.36. The summed E-state index contributed by atoms with van der Waals surface area (Å²) in [5.41, 5.74) is 10.2. The van der Waals surface area contributed by atoms with E-state index in [9.17, 15) is 0 Å². The van der Waals surface area contributed by atoms with E-state index in [2.05, 4.69) is 47.5 Å². The molecule has 0 amide bonds. The third-order valence-corrected chi connectivity index (χ3v) is 3.11. The summed E-state index contributed by atoms with van der Waals surface area (Å²) in [6.07, 6.45) is 4.50. The highest BCUT2D eigenvalue weighted by molar-refractivity contribution is 5.59. The Kier molecular flexibility index (Phi) is 4.53. The molecule has 2 rings (SSSR count). The normalized spacial score (nSPS) is 10.8. The van der Waals surface area contributed by atoms with Crippen LogP contribution < -0.4 is 5.73 Å². The van der Waals surface area contributed by atoms with Gasteiger partial charge in [-0.1, -0.05) is 37.6 Å². The van der Waals surface area contributed by atoms with Gasteiger partial charge in [0.15, 0.2) is 0 Å². The monoisotopic (exact) mass is 243 g/mol. The molecule has 0 aliphatic rings. The van der Waals surface area contributed by atoms with Crippen LogP contribution in [0.4, 0.5) is 0 Å². The number of benzene rings is 1. The number of hydrogen-bond donors (Lipinski definition) is 2. The van der Waals surface area contributed by atoms with Crippen LogP contribution in [0.15, 0.2) is 30.3 Å². The van der Waals surface area contributed by atoms with Crippen molar-refractivity contribution in [3.05, 3.63) is 41.6 Å². The average molecular weight is 243 g/mol. The fourth-order valence-electron chi connectivity index (χ4n) is 2.02. The Hall–Kier alpha value is -1.61. The van der Waals surface area contributed by atoms with E-state index in [1.807, 2.05) is 0 Å². The van der Waals surface area contributed by atoms with Gasteiger partial charge in [-0.2, -0.15) is 5.10 Å². The number of hydrogen-bond acceptors (Lipinski definition) is 2. The first-order valence-electron chi connectivity index (χ1n) is 6.67. The standard InChI is InChI=1S/C15H21N3/c1-2-3-4-12-5-7-13(8-6-12)15-11-14(9-10-16)17-18-15/h5-8,11H,2-4,9-10,16H2,1H3,(H,17,18). The lowest BCUT2D eigenvalue weighted by Crippen LogP contribution is -2.02. The van der Waals surface area contributed by atoms with Gasteiger partial charge in [-0.25, -0.2) is 0 Å². The Labute approximate surface area is 108 Å². The zero-order valence-electron chi connectivity index (χ0n) is 10.9. The molecule has 0 radical (unpaired) electrons. The lowest BCUT2D eigenvalue weighted by molar-refractivity contribution is 0.795. The molecule has 0 atom stereocenters. The van der Waals surface area contributed by atoms with Gasteiger partial charge in [0, 0.05) is 17.7 Å². The Morgan fingerprint density at radius 2 is 1.94 bits per heavy atom. The van der Waals surface area contributed by atoms with Gasteiger partial charge in [0.05, 0.1) is 5.69 Å². The molecule has 1 aromatic heterocycles. The molecule has 0 spiro atoms. The third-order valence-electron chi connectivity index (χ3n) is 3.11. The number of nitrogens with one attached hydrogen (secondary N) is 1. The zero-order chi connectivity index (χ0) is 12.8. The van der Waals surface area contributed by atoms with Gasteiger partial charge in [0.25, 0.3) is 0 Å². The summed E-state index contributed by atoms with van der Waals surface area (Å²) in [7, 11) is 0. The molecule has 2 aromatic rings. The fourth-order valence-corrected chi connectivity index (χ4v) is 2.02. The van der Waals surface area contributed by atoms with Crippen LogP contribution >= 0.6 is 0 Å². The van der Waals surface area contributed by atoms with E-state index in [1.54, 1.807) is 0 Å². The van der Waals surface area contributed by atoms with Crippen molar-refractivity contribution >= 4 is 0 Å². The minimum absolute atomic E-state index is 0.650. The van der Waals surface area contributed by atoms with Crippen molar-refractivity contribution < 1.29 is 0 Å². The van der Waals surface area contributed by atoms with Gasteiger partial charge in [-0.05, 0) is 31.0 Å². The number of aryl methyl sites for hydroxylation is 1. The molecular weight excluding hydrogens is 222 g/mol. The highest BCUT2D eigenvalue weighted by atomic mass is 15.1. The quantitative estimate of drug-likeness (QED) is 0.819. The van der Waals surface area contributed by atoms with Gasteiger partial charge in [-0.3, -0.25) is 5.10 Å². The molecule has 0 fully saturated rings. The highest BCUT2D eigenvalue weighted by Crippen LogP contribution is 2.19. The van der Waals surface area contributed by atoms with Gasteiger partial charge in [0.2, 0.25) is 0 Å². The summed E-state index contributed by atoms with van der Waals surface area (Å²) < 4.78 is 0. The van der Waals surface area contributed by atoms with Crippen LogP contribution in [0.2, 0.25) is 0 Å². The Morgan fingerprint density at radius 3 is 2.61 bits per heavy atom. The van der Waals surface area contributed by atoms with Gasteiger partial charge in [-0.15, -0.1) is 0 Å². The summed E-state index contributed by atoms with van der Waals surface area (Å²) in [6.45, 7) is 2.87. The molecule has 96 valence electrons. The predicted octanol–water partition coefficient (Wildman–Crippen LogP) is 2.92. The van der Waals surface area contributed by atoms with Crippen LogP contribution in [0.3, 0.4) is 0 Å². The fraction of sp³-hybridized carbons (Fsp3) is 0.400. The molecule has 1 aromatic carbocycles. The first-order chi connectivity index (χ1) is 8.83. The summed E-state index contributed by atoms with van der Waals surface area (Å²) in [5.74, 6) is 0. The van der Waals surface area contributed by atoms with Crippen LogP contribution in [-0.2, 0) is 12.8 Å². The SMILES string of the molecule is CCCCc1ccc(-c2cc(CCN)[nH]n2)cc1. The minimum atomic E-state index is 0.650. The van der Waals surface area contributed by atoms with E-state index in [0.717, 1.165) is 29.8 Å². The van der Waals surface area contributed by atoms with Gasteiger partial charge >= 0.3 is 0 Å². The van der Waals surface area contributed by atoms with Crippen LogP contribution in [0.25, 0.3) is 11.3 Å². The number of aromatic amines is 1. The van der Waals surface area contributed by atoms with Crippen molar-refractivity contribution in [2.45, 2.75) is 32.6 Å². The molecule has 0 saturated carbocycles. The topological polar surface area (TPSA) is 54.7 Å². The van der Waals surface area contributed by atoms with Crippen molar-refractivity contribution in [1.82, 2.24) is 10.2 Å². The van der Waals surface area contributed by atoms with E-state index in [-0.39, 0.29) is 0 Å². The van der Waals surface area contributed by atoms with E-state index in [4.69, 9.17) is 5.73 Å². The Morgan fingerprint density at radius 1 is 1.17 bits per heavy atom. The molecular formula is C15H21N3. The summed E-state index contributed by atoms with van der Waals surface area (Å²) >= 11 is 0. The van der Waals surface area contributed by atoms with Crippen molar-refractivity contribution in [2.75, 3.05) is 6.54 Å². The predicted molar refractivity (Wildman–Crippen MR) is 75.4 cm³/mol. The molecule has 0 aliphatic carbocycles. The first-order valence-corrected chi connectivity index (χ1v) is 6.67. The van der Waals surface area contributed by atoms with Crippen molar-refractivity contribution in [3.63, 3.8) is 0 Å². The summed E-state index contributed by atoms with van der Waals surface area (Å²) in [4.78, 5) is 0. The van der Waals surface area contributed by atoms with E-state index >= 15 is 0 Å². The molecule has 0 aliphatic heterocycles. The molecule has 0 bridgehead atoms. The molecule has 3 heteroatoms. The minimum Gasteiger partial charge on any atom is -0.330 e. The maximum atomic E-state index is 5.53. The van der Waals surface area contributed by atoms with Crippen LogP contribution in [0, 0.1) is 0 Å². The largest absolute Gasteiger partial charge is 0.330 e. The van der Waals surface area contributed by atoms with Crippen molar-refractivity contribution in [3.8, 4) is 11.3 Å². The molecule has 18 heavy (non-hydrogen) atoms. The van der Waals surface area contributed by atoms with E-state index in [1.165, 1.54) is 18.4 Å². The number of nitrogens with two attached hydrogens (primary N) is 1.